The zero-order valence-electron chi connectivity index (χ0n) is 13.8. The molecule has 0 aliphatic carbocycles. The molecule has 4 nitrogen and oxygen atoms in total. The van der Waals surface area contributed by atoms with Crippen LogP contribution in [0.25, 0.3) is 0 Å². The summed E-state index contributed by atoms with van der Waals surface area (Å²) < 4.78 is 0. The Kier molecular flexibility index (Phi) is 5.00. The number of piperidine rings is 1. The first-order valence-electron chi connectivity index (χ1n) is 8.23. The molecule has 2 amide bonds. The van der Waals surface area contributed by atoms with Crippen LogP contribution < -0.4 is 5.32 Å². The van der Waals surface area contributed by atoms with Crippen LogP contribution in [0.15, 0.2) is 47.8 Å². The first-order valence-corrected chi connectivity index (χ1v) is 9.11. The van der Waals surface area contributed by atoms with E-state index in [1.807, 2.05) is 59.7 Å². The number of carbonyl (C=O) groups excluding carboxylic acids is 2. The van der Waals surface area contributed by atoms with Crippen molar-refractivity contribution in [2.24, 2.45) is 5.41 Å². The van der Waals surface area contributed by atoms with E-state index in [0.29, 0.717) is 13.1 Å². The standard InChI is InChI=1S/C19H22N2O2S/c1-19(18(23)20-13-15-7-3-2-4-8-15)10-6-11-21(14-19)17(22)16-9-5-12-24-16/h2-5,7-9,12H,6,10-11,13-14H2,1H3,(H,20,23)/t19-/m1/s1. The molecule has 1 aromatic heterocycles. The molecular formula is C19H22N2O2S. The Hall–Kier alpha value is -2.14. The lowest BCUT2D eigenvalue weighted by Crippen LogP contribution is -2.51. The first-order chi connectivity index (χ1) is 11.6. The summed E-state index contributed by atoms with van der Waals surface area (Å²) in [5.41, 5.74) is 0.553. The van der Waals surface area contributed by atoms with Crippen molar-refractivity contribution in [1.29, 1.82) is 0 Å². The molecule has 1 aliphatic heterocycles. The third-order valence-corrected chi connectivity index (χ3v) is 5.42. The molecule has 1 N–H and O–H groups in total. The number of carbonyl (C=O) groups is 2. The normalized spacial score (nSPS) is 20.6. The summed E-state index contributed by atoms with van der Waals surface area (Å²) in [6.45, 7) is 3.68. The molecule has 5 heteroatoms. The van der Waals surface area contributed by atoms with Gasteiger partial charge in [0, 0.05) is 19.6 Å². The van der Waals surface area contributed by atoms with Gasteiger partial charge < -0.3 is 10.2 Å². The third kappa shape index (κ3) is 3.67. The fourth-order valence-corrected chi connectivity index (χ4v) is 3.84. The number of hydrogen-bond donors (Lipinski definition) is 1. The Balaban J connectivity index is 1.63. The molecule has 1 saturated heterocycles. The van der Waals surface area contributed by atoms with Gasteiger partial charge in [-0.05, 0) is 36.8 Å². The van der Waals surface area contributed by atoms with E-state index < -0.39 is 5.41 Å². The zero-order valence-corrected chi connectivity index (χ0v) is 14.6. The van der Waals surface area contributed by atoms with Crippen molar-refractivity contribution in [3.63, 3.8) is 0 Å². The van der Waals surface area contributed by atoms with E-state index in [1.54, 1.807) is 0 Å². The van der Waals surface area contributed by atoms with Crippen LogP contribution in [-0.4, -0.2) is 29.8 Å². The second-order valence-corrected chi connectivity index (χ2v) is 7.48. The summed E-state index contributed by atoms with van der Waals surface area (Å²) in [6.07, 6.45) is 1.66. The molecule has 24 heavy (non-hydrogen) atoms. The van der Waals surface area contributed by atoms with Crippen LogP contribution in [0, 0.1) is 5.41 Å². The summed E-state index contributed by atoms with van der Waals surface area (Å²) in [5, 5.41) is 4.93. The topological polar surface area (TPSA) is 49.4 Å². The molecule has 0 unspecified atom stereocenters. The molecule has 2 heterocycles. The second kappa shape index (κ2) is 7.18. The van der Waals surface area contributed by atoms with Crippen LogP contribution in [0.3, 0.4) is 0 Å². The second-order valence-electron chi connectivity index (χ2n) is 6.54. The highest BCUT2D eigenvalue weighted by Gasteiger charge is 2.39. The first kappa shape index (κ1) is 16.7. The molecule has 1 aromatic carbocycles. The number of nitrogens with zero attached hydrogens (tertiary/aromatic N) is 1. The van der Waals surface area contributed by atoms with Crippen LogP contribution in [0.4, 0.5) is 0 Å². The highest BCUT2D eigenvalue weighted by Crippen LogP contribution is 2.31. The average Bonchev–Trinajstić information content (AvgIpc) is 3.14. The molecule has 0 bridgehead atoms. The smallest absolute Gasteiger partial charge is 0.263 e. The summed E-state index contributed by atoms with van der Waals surface area (Å²) in [7, 11) is 0. The molecule has 1 atom stereocenters. The van der Waals surface area contributed by atoms with Crippen molar-refractivity contribution < 1.29 is 9.59 Å². The molecule has 0 radical (unpaired) electrons. The van der Waals surface area contributed by atoms with Gasteiger partial charge in [-0.1, -0.05) is 36.4 Å². The molecule has 1 fully saturated rings. The van der Waals surface area contributed by atoms with Gasteiger partial charge in [-0.25, -0.2) is 0 Å². The van der Waals surface area contributed by atoms with E-state index >= 15 is 0 Å². The third-order valence-electron chi connectivity index (χ3n) is 4.56. The minimum absolute atomic E-state index is 0.0232. The van der Waals surface area contributed by atoms with Crippen LogP contribution in [0.5, 0.6) is 0 Å². The Bertz CT molecular complexity index is 699. The Morgan fingerprint density at radius 2 is 2.00 bits per heavy atom. The lowest BCUT2D eigenvalue weighted by atomic mass is 9.81. The predicted octanol–water partition coefficient (Wildman–Crippen LogP) is 3.31. The van der Waals surface area contributed by atoms with E-state index in [0.717, 1.165) is 29.8 Å². The number of thiophene rings is 1. The summed E-state index contributed by atoms with van der Waals surface area (Å²) in [4.78, 5) is 27.8. The van der Waals surface area contributed by atoms with Crippen molar-refractivity contribution in [2.75, 3.05) is 13.1 Å². The monoisotopic (exact) mass is 342 g/mol. The van der Waals surface area contributed by atoms with Gasteiger partial charge in [0.25, 0.3) is 5.91 Å². The summed E-state index contributed by atoms with van der Waals surface area (Å²) >= 11 is 1.45. The Labute approximate surface area is 146 Å². The Morgan fingerprint density at radius 3 is 2.71 bits per heavy atom. The van der Waals surface area contributed by atoms with E-state index in [-0.39, 0.29) is 11.8 Å². The molecule has 1 aliphatic rings. The molecular weight excluding hydrogens is 320 g/mol. The number of hydrogen-bond acceptors (Lipinski definition) is 3. The van der Waals surface area contributed by atoms with Gasteiger partial charge in [0.2, 0.25) is 5.91 Å². The van der Waals surface area contributed by atoms with Gasteiger partial charge in [-0.3, -0.25) is 9.59 Å². The highest BCUT2D eigenvalue weighted by atomic mass is 32.1. The summed E-state index contributed by atoms with van der Waals surface area (Å²) in [5.74, 6) is 0.0572. The lowest BCUT2D eigenvalue weighted by Gasteiger charge is -2.39. The zero-order chi connectivity index (χ0) is 17.0. The lowest BCUT2D eigenvalue weighted by molar-refractivity contribution is -0.132. The van der Waals surface area contributed by atoms with Crippen molar-refractivity contribution in [2.45, 2.75) is 26.3 Å². The fourth-order valence-electron chi connectivity index (χ4n) is 3.15. The highest BCUT2D eigenvalue weighted by molar-refractivity contribution is 7.12. The van der Waals surface area contributed by atoms with Crippen molar-refractivity contribution in [1.82, 2.24) is 10.2 Å². The van der Waals surface area contributed by atoms with E-state index in [9.17, 15) is 9.59 Å². The van der Waals surface area contributed by atoms with Gasteiger partial charge in [-0.15, -0.1) is 11.3 Å². The number of likely N-dealkylation sites (tertiary alicyclic amines) is 1. The molecule has 126 valence electrons. The predicted molar refractivity (Wildman–Crippen MR) is 95.9 cm³/mol. The number of nitrogens with one attached hydrogen (secondary N) is 1. The quantitative estimate of drug-likeness (QED) is 0.927. The fraction of sp³-hybridized carbons (Fsp3) is 0.368. The van der Waals surface area contributed by atoms with Gasteiger partial charge in [0.1, 0.15) is 0 Å². The van der Waals surface area contributed by atoms with E-state index in [2.05, 4.69) is 5.32 Å². The van der Waals surface area contributed by atoms with Gasteiger partial charge in [0.15, 0.2) is 0 Å². The van der Waals surface area contributed by atoms with Crippen molar-refractivity contribution in [3.8, 4) is 0 Å². The largest absolute Gasteiger partial charge is 0.351 e. The molecule has 0 spiro atoms. The van der Waals surface area contributed by atoms with Crippen molar-refractivity contribution in [3.05, 3.63) is 58.3 Å². The number of amides is 2. The van der Waals surface area contributed by atoms with Gasteiger partial charge >= 0.3 is 0 Å². The SMILES string of the molecule is C[C@@]1(C(=O)NCc2ccccc2)CCCN(C(=O)c2cccs2)C1. The maximum atomic E-state index is 12.7. The van der Waals surface area contributed by atoms with Crippen molar-refractivity contribution >= 4 is 23.2 Å². The number of benzene rings is 1. The van der Waals surface area contributed by atoms with E-state index in [1.165, 1.54) is 11.3 Å². The van der Waals surface area contributed by atoms with Crippen LogP contribution in [0.1, 0.15) is 35.0 Å². The van der Waals surface area contributed by atoms with Crippen LogP contribution in [-0.2, 0) is 11.3 Å². The maximum Gasteiger partial charge on any atom is 0.263 e. The van der Waals surface area contributed by atoms with Crippen LogP contribution in [0.2, 0.25) is 0 Å². The average molecular weight is 342 g/mol. The molecule has 2 aromatic rings. The van der Waals surface area contributed by atoms with E-state index in [4.69, 9.17) is 0 Å². The minimum atomic E-state index is -0.528. The van der Waals surface area contributed by atoms with Gasteiger partial charge in [-0.2, -0.15) is 0 Å². The summed E-state index contributed by atoms with van der Waals surface area (Å²) in [6, 6.07) is 13.6. The van der Waals surface area contributed by atoms with Crippen LogP contribution >= 0.6 is 11.3 Å². The molecule has 3 rings (SSSR count). The number of rotatable bonds is 4. The molecule has 0 saturated carbocycles. The maximum absolute atomic E-state index is 12.7. The minimum Gasteiger partial charge on any atom is -0.351 e. The Morgan fingerprint density at radius 1 is 1.21 bits per heavy atom. The van der Waals surface area contributed by atoms with Gasteiger partial charge in [0.05, 0.1) is 10.3 Å².